The summed E-state index contributed by atoms with van der Waals surface area (Å²) in [5.41, 5.74) is 2.00. The maximum Gasteiger partial charge on any atom is 0.207 e. The number of quaternary nitrogens is 1. The molecule has 0 radical (unpaired) electrons. The lowest BCUT2D eigenvalue weighted by Gasteiger charge is -2.21. The van der Waals surface area contributed by atoms with Crippen molar-refractivity contribution in [3.8, 4) is 22.8 Å². The number of hydrogen-bond donors (Lipinski definition) is 1. The number of likely N-dealkylation sites (tertiary alicyclic amines) is 1. The van der Waals surface area contributed by atoms with Gasteiger partial charge in [-0.3, -0.25) is 9.55 Å². The van der Waals surface area contributed by atoms with E-state index in [-0.39, 0.29) is 0 Å². The van der Waals surface area contributed by atoms with Crippen molar-refractivity contribution in [1.29, 1.82) is 0 Å². The van der Waals surface area contributed by atoms with Gasteiger partial charge in [0.2, 0.25) is 4.77 Å². The van der Waals surface area contributed by atoms with Crippen LogP contribution in [-0.2, 0) is 6.67 Å². The smallest absolute Gasteiger partial charge is 0.207 e. The highest BCUT2D eigenvalue weighted by Gasteiger charge is 2.18. The van der Waals surface area contributed by atoms with Crippen LogP contribution in [0, 0.1) is 4.77 Å². The number of benzene rings is 1. The molecule has 1 aromatic carbocycles. The Balaban J connectivity index is 1.71. The van der Waals surface area contributed by atoms with Crippen LogP contribution in [0.2, 0.25) is 0 Å². The Morgan fingerprint density at radius 1 is 0.967 bits per heavy atom. The molecular formula is C23H30N5OS+. The molecule has 1 aliphatic rings. The molecule has 0 aliphatic carbocycles. The number of ether oxygens (including phenoxy) is 1. The van der Waals surface area contributed by atoms with Crippen molar-refractivity contribution in [2.75, 3.05) is 19.7 Å². The number of nitrogens with one attached hydrogen (secondary N) is 1. The Labute approximate surface area is 183 Å². The molecule has 3 aromatic rings. The van der Waals surface area contributed by atoms with Crippen molar-refractivity contribution in [3.05, 3.63) is 53.6 Å². The molecule has 0 atom stereocenters. The van der Waals surface area contributed by atoms with Crippen LogP contribution in [0.4, 0.5) is 0 Å². The Morgan fingerprint density at radius 2 is 1.63 bits per heavy atom. The Bertz CT molecular complexity index is 989. The number of aromatic nitrogens is 4. The van der Waals surface area contributed by atoms with Crippen LogP contribution in [-0.4, -0.2) is 39.0 Å². The third-order valence-corrected chi connectivity index (χ3v) is 6.01. The predicted molar refractivity (Wildman–Crippen MR) is 121 cm³/mol. The SMILES string of the molecule is CCOc1ccc(-n2c(-c3ccncc3)nn(C[NH+]3CCCCCCC3)c2=S)cc1. The number of pyridine rings is 1. The summed E-state index contributed by atoms with van der Waals surface area (Å²) in [7, 11) is 0. The maximum atomic E-state index is 5.91. The molecule has 30 heavy (non-hydrogen) atoms. The Morgan fingerprint density at radius 3 is 2.30 bits per heavy atom. The molecule has 7 heteroatoms. The Kier molecular flexibility index (Phi) is 6.92. The average Bonchev–Trinajstić information content (AvgIpc) is 3.07. The van der Waals surface area contributed by atoms with Gasteiger partial charge in [-0.05, 0) is 81.2 Å². The number of hydrogen-bond acceptors (Lipinski definition) is 4. The highest BCUT2D eigenvalue weighted by Crippen LogP contribution is 2.23. The van der Waals surface area contributed by atoms with E-state index in [1.54, 1.807) is 17.3 Å². The molecule has 1 N–H and O–H groups in total. The van der Waals surface area contributed by atoms with Crippen LogP contribution in [0.25, 0.3) is 17.1 Å². The van der Waals surface area contributed by atoms with Gasteiger partial charge in [-0.2, -0.15) is 4.68 Å². The van der Waals surface area contributed by atoms with E-state index in [0.29, 0.717) is 6.61 Å². The van der Waals surface area contributed by atoms with Crippen LogP contribution in [0.15, 0.2) is 48.8 Å². The summed E-state index contributed by atoms with van der Waals surface area (Å²) in [6, 6.07) is 12.0. The first-order valence-corrected chi connectivity index (χ1v) is 11.3. The van der Waals surface area contributed by atoms with Crippen LogP contribution < -0.4 is 9.64 Å². The molecule has 158 valence electrons. The molecular weight excluding hydrogens is 394 g/mol. The second-order valence-electron chi connectivity index (χ2n) is 7.78. The van der Waals surface area contributed by atoms with Gasteiger partial charge in [-0.15, -0.1) is 5.10 Å². The van der Waals surface area contributed by atoms with E-state index >= 15 is 0 Å². The molecule has 6 nitrogen and oxygen atoms in total. The maximum absolute atomic E-state index is 5.91. The van der Waals surface area contributed by atoms with Gasteiger partial charge >= 0.3 is 0 Å². The van der Waals surface area contributed by atoms with E-state index in [0.717, 1.165) is 34.3 Å². The molecule has 4 rings (SSSR count). The first-order chi connectivity index (χ1) is 14.8. The van der Waals surface area contributed by atoms with Crippen LogP contribution in [0.5, 0.6) is 5.75 Å². The van der Waals surface area contributed by atoms with E-state index in [2.05, 4.69) is 9.55 Å². The minimum Gasteiger partial charge on any atom is -0.494 e. The summed E-state index contributed by atoms with van der Waals surface area (Å²) in [5, 5.41) is 4.96. The second-order valence-corrected chi connectivity index (χ2v) is 8.14. The summed E-state index contributed by atoms with van der Waals surface area (Å²) < 4.78 is 10.4. The standard InChI is InChI=1S/C23H29N5OS/c1-2-29-21-10-8-20(9-11-21)28-22(19-12-14-24-15-13-19)25-27(23(28)30)18-26-16-6-4-3-5-7-17-26/h8-15H,2-7,16-18H2,1H3/p+1. The summed E-state index contributed by atoms with van der Waals surface area (Å²) in [6.07, 6.45) is 10.2. The first kappa shape index (κ1) is 20.8. The molecule has 0 bridgehead atoms. The van der Waals surface area contributed by atoms with Gasteiger partial charge in [0.05, 0.1) is 25.4 Å². The molecule has 0 unspecified atom stereocenters. The molecule has 1 aliphatic heterocycles. The minimum absolute atomic E-state index is 0.650. The molecule has 3 heterocycles. The zero-order valence-corrected chi connectivity index (χ0v) is 18.4. The van der Waals surface area contributed by atoms with E-state index < -0.39 is 0 Å². The van der Waals surface area contributed by atoms with Crippen LogP contribution in [0.1, 0.15) is 39.0 Å². The molecule has 0 amide bonds. The fourth-order valence-corrected chi connectivity index (χ4v) is 4.36. The van der Waals surface area contributed by atoms with Gasteiger partial charge < -0.3 is 9.64 Å². The predicted octanol–water partition coefficient (Wildman–Crippen LogP) is 3.67. The lowest BCUT2D eigenvalue weighted by atomic mass is 10.1. The molecule has 1 saturated heterocycles. The van der Waals surface area contributed by atoms with Gasteiger partial charge in [0.1, 0.15) is 5.75 Å². The highest BCUT2D eigenvalue weighted by molar-refractivity contribution is 7.71. The lowest BCUT2D eigenvalue weighted by molar-refractivity contribution is -0.924. The molecule has 2 aromatic heterocycles. The molecule has 0 saturated carbocycles. The lowest BCUT2D eigenvalue weighted by Crippen LogP contribution is -3.11. The number of nitrogens with zero attached hydrogens (tertiary/aromatic N) is 4. The zero-order chi connectivity index (χ0) is 20.8. The van der Waals surface area contributed by atoms with Crippen LogP contribution >= 0.6 is 12.2 Å². The number of rotatable bonds is 6. The summed E-state index contributed by atoms with van der Waals surface area (Å²) in [6.45, 7) is 5.81. The topological polar surface area (TPSA) is 49.3 Å². The van der Waals surface area contributed by atoms with Gasteiger partial charge in [0, 0.05) is 18.0 Å². The van der Waals surface area contributed by atoms with Crippen LogP contribution in [0.3, 0.4) is 0 Å². The first-order valence-electron chi connectivity index (χ1n) is 10.9. The monoisotopic (exact) mass is 424 g/mol. The van der Waals surface area contributed by atoms with Gasteiger partial charge in [-0.1, -0.05) is 6.42 Å². The highest BCUT2D eigenvalue weighted by atomic mass is 32.1. The normalized spacial score (nSPS) is 15.5. The fourth-order valence-electron chi connectivity index (χ4n) is 4.06. The minimum atomic E-state index is 0.650. The summed E-state index contributed by atoms with van der Waals surface area (Å²) in [4.78, 5) is 5.72. The van der Waals surface area contributed by atoms with Crippen molar-refractivity contribution in [2.45, 2.75) is 45.7 Å². The fraction of sp³-hybridized carbons (Fsp3) is 0.435. The summed E-state index contributed by atoms with van der Waals surface area (Å²) >= 11 is 5.91. The molecule has 1 fully saturated rings. The quantitative estimate of drug-likeness (QED) is 0.614. The van der Waals surface area contributed by atoms with Gasteiger partial charge in [-0.25, -0.2) is 0 Å². The largest absolute Gasteiger partial charge is 0.494 e. The van der Waals surface area contributed by atoms with Crippen molar-refractivity contribution < 1.29 is 9.64 Å². The third kappa shape index (κ3) is 4.79. The average molecular weight is 425 g/mol. The van der Waals surface area contributed by atoms with Crippen molar-refractivity contribution in [2.24, 2.45) is 0 Å². The van der Waals surface area contributed by atoms with Gasteiger partial charge in [0.25, 0.3) is 0 Å². The van der Waals surface area contributed by atoms with E-state index in [1.165, 1.54) is 45.2 Å². The van der Waals surface area contributed by atoms with Crippen molar-refractivity contribution in [1.82, 2.24) is 19.3 Å². The van der Waals surface area contributed by atoms with E-state index in [1.807, 2.05) is 48.0 Å². The third-order valence-electron chi connectivity index (χ3n) is 5.62. The van der Waals surface area contributed by atoms with E-state index in [4.69, 9.17) is 22.1 Å². The van der Waals surface area contributed by atoms with Crippen molar-refractivity contribution in [3.63, 3.8) is 0 Å². The molecule has 0 spiro atoms. The Hall–Kier alpha value is -2.51. The zero-order valence-electron chi connectivity index (χ0n) is 17.6. The second kappa shape index (κ2) is 10.00. The van der Waals surface area contributed by atoms with Gasteiger partial charge in [0.15, 0.2) is 12.5 Å². The van der Waals surface area contributed by atoms with Crippen molar-refractivity contribution >= 4 is 12.2 Å². The van der Waals surface area contributed by atoms with E-state index in [9.17, 15) is 0 Å². The summed E-state index contributed by atoms with van der Waals surface area (Å²) in [5.74, 6) is 1.70.